The highest BCUT2D eigenvalue weighted by atomic mass is 16.2. The van der Waals surface area contributed by atoms with Crippen LogP contribution >= 0.6 is 0 Å². The van der Waals surface area contributed by atoms with Crippen molar-refractivity contribution in [1.82, 2.24) is 4.90 Å². The molecule has 0 saturated heterocycles. The number of hydrogen-bond acceptors (Lipinski definition) is 2. The summed E-state index contributed by atoms with van der Waals surface area (Å²) >= 11 is 0. The largest absolute Gasteiger partial charge is 0.342 e. The van der Waals surface area contributed by atoms with E-state index in [1.807, 2.05) is 39.1 Å². The summed E-state index contributed by atoms with van der Waals surface area (Å²) in [6.07, 6.45) is 3.14. The Kier molecular flexibility index (Phi) is 5.86. The number of hydrogen-bond donors (Lipinski definition) is 1. The van der Waals surface area contributed by atoms with E-state index in [2.05, 4.69) is 0 Å². The van der Waals surface area contributed by atoms with Gasteiger partial charge in [-0.1, -0.05) is 24.1 Å². The number of nitrogens with zero attached hydrogens (tertiary/aromatic N) is 1. The lowest BCUT2D eigenvalue weighted by Gasteiger charge is -2.18. The lowest BCUT2D eigenvalue weighted by molar-refractivity contribution is 0.0792. The number of nitrogens with two attached hydrogens (primary N) is 1. The third-order valence-electron chi connectivity index (χ3n) is 3.17. The van der Waals surface area contributed by atoms with Gasteiger partial charge in [0.25, 0.3) is 5.91 Å². The summed E-state index contributed by atoms with van der Waals surface area (Å²) < 4.78 is 0. The van der Waals surface area contributed by atoms with E-state index in [-0.39, 0.29) is 5.91 Å². The Bertz CT molecular complexity index is 401. The van der Waals surface area contributed by atoms with Crippen molar-refractivity contribution in [3.8, 4) is 0 Å². The van der Waals surface area contributed by atoms with Crippen molar-refractivity contribution < 1.29 is 4.79 Å². The Hall–Kier alpha value is -1.35. The van der Waals surface area contributed by atoms with Crippen molar-refractivity contribution in [2.24, 2.45) is 5.73 Å². The molecule has 0 atom stereocenters. The molecule has 2 N–H and O–H groups in total. The first-order chi connectivity index (χ1) is 8.56. The van der Waals surface area contributed by atoms with Gasteiger partial charge in [0.2, 0.25) is 0 Å². The highest BCUT2D eigenvalue weighted by Gasteiger charge is 2.13. The maximum atomic E-state index is 12.3. The molecule has 1 aromatic rings. The summed E-state index contributed by atoms with van der Waals surface area (Å²) in [6.45, 7) is 5.52. The average Bonchev–Trinajstić information content (AvgIpc) is 2.36. The molecule has 0 spiro atoms. The molecule has 1 rings (SSSR count). The van der Waals surface area contributed by atoms with Gasteiger partial charge in [-0.05, 0) is 44.9 Å². The van der Waals surface area contributed by atoms with Crippen LogP contribution < -0.4 is 5.73 Å². The number of aryl methyl sites for hydroxylation is 2. The fourth-order valence-electron chi connectivity index (χ4n) is 1.94. The molecule has 0 aliphatic heterocycles. The van der Waals surface area contributed by atoms with Gasteiger partial charge in [0.15, 0.2) is 0 Å². The second-order valence-electron chi connectivity index (χ2n) is 4.89. The minimum Gasteiger partial charge on any atom is -0.342 e. The van der Waals surface area contributed by atoms with Gasteiger partial charge in [0.1, 0.15) is 0 Å². The van der Waals surface area contributed by atoms with Crippen molar-refractivity contribution in [3.63, 3.8) is 0 Å². The molecule has 100 valence electrons. The maximum absolute atomic E-state index is 12.3. The molecule has 0 heterocycles. The Balaban J connectivity index is 2.60. The first-order valence-electron chi connectivity index (χ1n) is 6.59. The van der Waals surface area contributed by atoms with Gasteiger partial charge in [-0.15, -0.1) is 0 Å². The van der Waals surface area contributed by atoms with E-state index in [0.717, 1.165) is 49.0 Å². The molecule has 18 heavy (non-hydrogen) atoms. The van der Waals surface area contributed by atoms with Crippen LogP contribution in [-0.2, 0) is 0 Å². The molecule has 0 saturated carbocycles. The third kappa shape index (κ3) is 4.15. The van der Waals surface area contributed by atoms with E-state index in [1.165, 1.54) is 0 Å². The number of carbonyl (C=O) groups is 1. The topological polar surface area (TPSA) is 46.3 Å². The molecule has 0 bridgehead atoms. The van der Waals surface area contributed by atoms with Crippen LogP contribution in [0.3, 0.4) is 0 Å². The zero-order chi connectivity index (χ0) is 13.5. The van der Waals surface area contributed by atoms with Crippen LogP contribution in [0.5, 0.6) is 0 Å². The molecular weight excluding hydrogens is 224 g/mol. The molecular formula is C15H24N2O. The van der Waals surface area contributed by atoms with Crippen LogP contribution in [-0.4, -0.2) is 30.9 Å². The molecule has 0 aliphatic rings. The minimum absolute atomic E-state index is 0.115. The van der Waals surface area contributed by atoms with E-state index in [1.54, 1.807) is 4.90 Å². The first-order valence-corrected chi connectivity index (χ1v) is 6.59. The second-order valence-corrected chi connectivity index (χ2v) is 4.89. The van der Waals surface area contributed by atoms with E-state index in [9.17, 15) is 4.79 Å². The predicted molar refractivity (Wildman–Crippen MR) is 75.8 cm³/mol. The van der Waals surface area contributed by atoms with Crippen LogP contribution in [0, 0.1) is 13.8 Å². The quantitative estimate of drug-likeness (QED) is 0.786. The van der Waals surface area contributed by atoms with Gasteiger partial charge in [-0.25, -0.2) is 0 Å². The monoisotopic (exact) mass is 248 g/mol. The van der Waals surface area contributed by atoms with E-state index < -0.39 is 0 Å². The van der Waals surface area contributed by atoms with Crippen LogP contribution in [0.2, 0.25) is 0 Å². The van der Waals surface area contributed by atoms with Crippen molar-refractivity contribution in [2.45, 2.75) is 33.1 Å². The SMILES string of the molecule is Cc1ccc(C)c(C(=O)N(C)CCCCCN)c1. The van der Waals surface area contributed by atoms with Gasteiger partial charge in [0, 0.05) is 19.2 Å². The third-order valence-corrected chi connectivity index (χ3v) is 3.17. The Morgan fingerprint density at radius 2 is 1.94 bits per heavy atom. The molecule has 0 aliphatic carbocycles. The van der Waals surface area contributed by atoms with Crippen LogP contribution in [0.25, 0.3) is 0 Å². The number of unbranched alkanes of at least 4 members (excludes halogenated alkanes) is 2. The average molecular weight is 248 g/mol. The Morgan fingerprint density at radius 1 is 1.22 bits per heavy atom. The summed E-state index contributed by atoms with van der Waals surface area (Å²) in [5.41, 5.74) is 8.43. The summed E-state index contributed by atoms with van der Waals surface area (Å²) in [6, 6.07) is 6.01. The van der Waals surface area contributed by atoms with Gasteiger partial charge >= 0.3 is 0 Å². The van der Waals surface area contributed by atoms with Gasteiger partial charge < -0.3 is 10.6 Å². The molecule has 1 aromatic carbocycles. The smallest absolute Gasteiger partial charge is 0.253 e. The normalized spacial score (nSPS) is 10.4. The number of benzene rings is 1. The first kappa shape index (κ1) is 14.7. The van der Waals surface area contributed by atoms with Gasteiger partial charge in [-0.3, -0.25) is 4.79 Å². The fourth-order valence-corrected chi connectivity index (χ4v) is 1.94. The summed E-state index contributed by atoms with van der Waals surface area (Å²) in [5, 5.41) is 0. The number of carbonyl (C=O) groups excluding carboxylic acids is 1. The molecule has 0 fully saturated rings. The predicted octanol–water partition coefficient (Wildman–Crippen LogP) is 2.50. The molecule has 3 heteroatoms. The van der Waals surface area contributed by atoms with Crippen molar-refractivity contribution in [3.05, 3.63) is 34.9 Å². The molecule has 1 amide bonds. The lowest BCUT2D eigenvalue weighted by Crippen LogP contribution is -2.28. The Labute approximate surface area is 110 Å². The highest BCUT2D eigenvalue weighted by Crippen LogP contribution is 2.13. The lowest BCUT2D eigenvalue weighted by atomic mass is 10.0. The standard InChI is InChI=1S/C15H24N2O/c1-12-7-8-13(2)14(11-12)15(18)17(3)10-6-4-5-9-16/h7-8,11H,4-6,9-10,16H2,1-3H3. The number of rotatable bonds is 6. The number of amides is 1. The molecule has 3 nitrogen and oxygen atoms in total. The Morgan fingerprint density at radius 3 is 2.61 bits per heavy atom. The molecule has 0 unspecified atom stereocenters. The van der Waals surface area contributed by atoms with Crippen molar-refractivity contribution in [2.75, 3.05) is 20.1 Å². The zero-order valence-corrected chi connectivity index (χ0v) is 11.7. The minimum atomic E-state index is 0.115. The van der Waals surface area contributed by atoms with Crippen LogP contribution in [0.15, 0.2) is 18.2 Å². The van der Waals surface area contributed by atoms with Gasteiger partial charge in [0.05, 0.1) is 0 Å². The summed E-state index contributed by atoms with van der Waals surface area (Å²) in [7, 11) is 1.87. The van der Waals surface area contributed by atoms with E-state index >= 15 is 0 Å². The van der Waals surface area contributed by atoms with Gasteiger partial charge in [-0.2, -0.15) is 0 Å². The highest BCUT2D eigenvalue weighted by molar-refractivity contribution is 5.95. The van der Waals surface area contributed by atoms with E-state index in [0.29, 0.717) is 0 Å². The fraction of sp³-hybridized carbons (Fsp3) is 0.533. The van der Waals surface area contributed by atoms with Crippen molar-refractivity contribution in [1.29, 1.82) is 0 Å². The molecule has 0 aromatic heterocycles. The molecule has 0 radical (unpaired) electrons. The van der Waals surface area contributed by atoms with Crippen LogP contribution in [0.4, 0.5) is 0 Å². The summed E-state index contributed by atoms with van der Waals surface area (Å²) in [5.74, 6) is 0.115. The second kappa shape index (κ2) is 7.17. The maximum Gasteiger partial charge on any atom is 0.253 e. The zero-order valence-electron chi connectivity index (χ0n) is 11.7. The van der Waals surface area contributed by atoms with E-state index in [4.69, 9.17) is 5.73 Å². The van der Waals surface area contributed by atoms with Crippen molar-refractivity contribution >= 4 is 5.91 Å². The van der Waals surface area contributed by atoms with Crippen LogP contribution in [0.1, 0.15) is 40.7 Å². The summed E-state index contributed by atoms with van der Waals surface area (Å²) in [4.78, 5) is 14.1.